The van der Waals surface area contributed by atoms with Crippen LogP contribution in [0.1, 0.15) is 11.5 Å². The predicted molar refractivity (Wildman–Crippen MR) is 106 cm³/mol. The van der Waals surface area contributed by atoms with Gasteiger partial charge in [0, 0.05) is 5.56 Å². The van der Waals surface area contributed by atoms with Gasteiger partial charge in [0.25, 0.3) is 0 Å². The van der Waals surface area contributed by atoms with Crippen molar-refractivity contribution in [3.05, 3.63) is 60.0 Å². The Kier molecular flexibility index (Phi) is 5.71. The fourth-order valence-electron chi connectivity index (χ4n) is 2.62. The first kappa shape index (κ1) is 18.9. The number of aromatic nitrogens is 6. The molecule has 2 aromatic heterocycles. The molecule has 0 spiro atoms. The normalized spacial score (nSPS) is 10.8. The third-order valence-electron chi connectivity index (χ3n) is 4.11. The molecule has 4 aromatic rings. The molecule has 0 N–H and O–H groups in total. The Balaban J connectivity index is 1.41. The Hall–Kier alpha value is -3.40. The van der Waals surface area contributed by atoms with Crippen molar-refractivity contribution in [2.24, 2.45) is 0 Å². The Morgan fingerprint density at radius 2 is 1.86 bits per heavy atom. The molecular weight excluding hydrogens is 392 g/mol. The molecule has 0 atom stereocenters. The van der Waals surface area contributed by atoms with Gasteiger partial charge in [-0.3, -0.25) is 0 Å². The highest BCUT2D eigenvalue weighted by Crippen LogP contribution is 2.24. The molecule has 2 aromatic carbocycles. The summed E-state index contributed by atoms with van der Waals surface area (Å²) in [6, 6.07) is 15.3. The topological polar surface area (TPSA) is 101 Å². The van der Waals surface area contributed by atoms with Crippen LogP contribution < -0.4 is 9.47 Å². The van der Waals surface area contributed by atoms with Crippen LogP contribution in [0.5, 0.6) is 11.5 Å². The third kappa shape index (κ3) is 4.54. The van der Waals surface area contributed by atoms with E-state index in [4.69, 9.17) is 14.0 Å². The highest BCUT2D eigenvalue weighted by Gasteiger charge is 2.13. The summed E-state index contributed by atoms with van der Waals surface area (Å²) in [5.41, 5.74) is 1.90. The smallest absolute Gasteiger partial charge is 0.237 e. The van der Waals surface area contributed by atoms with E-state index in [1.54, 1.807) is 18.9 Å². The van der Waals surface area contributed by atoms with Crippen LogP contribution in [-0.2, 0) is 12.3 Å². The number of methoxy groups -OCH3 is 2. The van der Waals surface area contributed by atoms with Crippen LogP contribution >= 0.6 is 11.8 Å². The maximum atomic E-state index is 5.36. The average molecular weight is 410 g/mol. The number of rotatable bonds is 8. The van der Waals surface area contributed by atoms with E-state index in [2.05, 4.69) is 25.7 Å². The van der Waals surface area contributed by atoms with E-state index in [1.165, 1.54) is 11.8 Å². The van der Waals surface area contributed by atoms with Crippen molar-refractivity contribution in [2.75, 3.05) is 14.2 Å². The van der Waals surface area contributed by atoms with E-state index in [0.29, 0.717) is 29.2 Å². The number of tetrazole rings is 1. The Morgan fingerprint density at radius 1 is 1.03 bits per heavy atom. The quantitative estimate of drug-likeness (QED) is 0.406. The van der Waals surface area contributed by atoms with Crippen LogP contribution in [0.4, 0.5) is 0 Å². The lowest BCUT2D eigenvalue weighted by molar-refractivity contribution is 0.391. The van der Waals surface area contributed by atoms with Crippen LogP contribution in [0.25, 0.3) is 11.4 Å². The molecule has 2 heterocycles. The SMILES string of the molecule is COc1ccc(Cn2nnnc2SCc2nc(-c3cccc(OC)c3)no2)cc1. The molecule has 0 saturated heterocycles. The molecule has 4 rings (SSSR count). The highest BCUT2D eigenvalue weighted by molar-refractivity contribution is 7.98. The minimum atomic E-state index is 0.458. The fraction of sp³-hybridized carbons (Fsp3) is 0.211. The summed E-state index contributed by atoms with van der Waals surface area (Å²) < 4.78 is 17.5. The molecule has 0 unspecified atom stereocenters. The zero-order valence-corrected chi connectivity index (χ0v) is 16.7. The van der Waals surface area contributed by atoms with Gasteiger partial charge in [-0.2, -0.15) is 4.98 Å². The van der Waals surface area contributed by atoms with Gasteiger partial charge in [0.1, 0.15) is 11.5 Å². The van der Waals surface area contributed by atoms with Gasteiger partial charge in [-0.15, -0.1) is 5.10 Å². The summed E-state index contributed by atoms with van der Waals surface area (Å²) >= 11 is 1.43. The zero-order chi connectivity index (χ0) is 20.1. The van der Waals surface area contributed by atoms with Crippen molar-refractivity contribution in [2.45, 2.75) is 17.5 Å². The van der Waals surface area contributed by atoms with Crippen molar-refractivity contribution >= 4 is 11.8 Å². The molecule has 0 saturated carbocycles. The van der Waals surface area contributed by atoms with Gasteiger partial charge in [0.2, 0.25) is 16.9 Å². The van der Waals surface area contributed by atoms with E-state index >= 15 is 0 Å². The largest absolute Gasteiger partial charge is 0.497 e. The molecule has 0 fully saturated rings. The van der Waals surface area contributed by atoms with Crippen LogP contribution in [0.2, 0.25) is 0 Å². The zero-order valence-electron chi connectivity index (χ0n) is 15.8. The van der Waals surface area contributed by atoms with Gasteiger partial charge in [-0.05, 0) is 40.3 Å². The minimum Gasteiger partial charge on any atom is -0.497 e. The second-order valence-corrected chi connectivity index (χ2v) is 6.94. The maximum Gasteiger partial charge on any atom is 0.237 e. The van der Waals surface area contributed by atoms with Gasteiger partial charge in [-0.25, -0.2) is 4.68 Å². The van der Waals surface area contributed by atoms with Crippen LogP contribution in [0.15, 0.2) is 58.2 Å². The molecule has 0 radical (unpaired) electrons. The van der Waals surface area contributed by atoms with Crippen molar-refractivity contribution in [3.8, 4) is 22.9 Å². The standard InChI is InChI=1S/C19H18N6O3S/c1-26-15-8-6-13(7-9-15)11-25-19(21-23-24-25)29-12-17-20-18(22-28-17)14-4-3-5-16(10-14)27-2/h3-10H,11-12H2,1-2H3. The molecule has 0 amide bonds. The molecule has 9 nitrogen and oxygen atoms in total. The number of benzene rings is 2. The number of thioether (sulfide) groups is 1. The Morgan fingerprint density at radius 3 is 2.66 bits per heavy atom. The van der Waals surface area contributed by atoms with E-state index in [-0.39, 0.29) is 0 Å². The van der Waals surface area contributed by atoms with Crippen LogP contribution in [0, 0.1) is 0 Å². The van der Waals surface area contributed by atoms with Gasteiger partial charge >= 0.3 is 0 Å². The van der Waals surface area contributed by atoms with Crippen molar-refractivity contribution < 1.29 is 14.0 Å². The van der Waals surface area contributed by atoms with E-state index < -0.39 is 0 Å². The van der Waals surface area contributed by atoms with Gasteiger partial charge < -0.3 is 14.0 Å². The molecule has 0 aliphatic rings. The van der Waals surface area contributed by atoms with Crippen molar-refractivity contribution in [3.63, 3.8) is 0 Å². The lowest BCUT2D eigenvalue weighted by atomic mass is 10.2. The second-order valence-electron chi connectivity index (χ2n) is 6.00. The molecule has 29 heavy (non-hydrogen) atoms. The monoisotopic (exact) mass is 410 g/mol. The molecule has 10 heteroatoms. The van der Waals surface area contributed by atoms with E-state index in [9.17, 15) is 0 Å². The first-order valence-corrected chi connectivity index (χ1v) is 9.72. The molecule has 0 aliphatic heterocycles. The first-order chi connectivity index (χ1) is 14.2. The second kappa shape index (κ2) is 8.74. The van der Waals surface area contributed by atoms with E-state index in [0.717, 1.165) is 22.6 Å². The molecule has 0 aliphatic carbocycles. The minimum absolute atomic E-state index is 0.458. The van der Waals surface area contributed by atoms with Gasteiger partial charge in [0.15, 0.2) is 0 Å². The summed E-state index contributed by atoms with van der Waals surface area (Å²) in [7, 11) is 3.26. The summed E-state index contributed by atoms with van der Waals surface area (Å²) in [6.45, 7) is 0.554. The summed E-state index contributed by atoms with van der Waals surface area (Å²) in [4.78, 5) is 4.44. The van der Waals surface area contributed by atoms with Crippen molar-refractivity contribution in [1.82, 2.24) is 30.3 Å². The lowest BCUT2D eigenvalue weighted by Gasteiger charge is -2.05. The first-order valence-electron chi connectivity index (χ1n) is 8.74. The van der Waals surface area contributed by atoms with Crippen molar-refractivity contribution in [1.29, 1.82) is 0 Å². The third-order valence-corrected chi connectivity index (χ3v) is 5.05. The predicted octanol–water partition coefficient (Wildman–Crippen LogP) is 3.08. The average Bonchev–Trinajstić information content (AvgIpc) is 3.42. The number of hydrogen-bond acceptors (Lipinski definition) is 9. The van der Waals surface area contributed by atoms with Crippen LogP contribution in [0.3, 0.4) is 0 Å². The Bertz CT molecular complexity index is 1080. The van der Waals surface area contributed by atoms with E-state index in [1.807, 2.05) is 48.5 Å². The summed E-state index contributed by atoms with van der Waals surface area (Å²) in [5, 5.41) is 16.6. The van der Waals surface area contributed by atoms with Gasteiger partial charge in [-0.1, -0.05) is 41.2 Å². The summed E-state index contributed by atoms with van der Waals surface area (Å²) in [5.74, 6) is 3.01. The fourth-order valence-corrected chi connectivity index (χ4v) is 3.34. The molecule has 148 valence electrons. The highest BCUT2D eigenvalue weighted by atomic mass is 32.2. The maximum absolute atomic E-state index is 5.36. The molecule has 0 bridgehead atoms. The van der Waals surface area contributed by atoms with Gasteiger partial charge in [0.05, 0.1) is 26.5 Å². The Labute approximate surface area is 171 Å². The molecular formula is C19H18N6O3S. The number of ether oxygens (including phenoxy) is 2. The van der Waals surface area contributed by atoms with Crippen LogP contribution in [-0.4, -0.2) is 44.6 Å². The number of hydrogen-bond donors (Lipinski definition) is 0. The number of nitrogens with zero attached hydrogens (tertiary/aromatic N) is 6. The lowest BCUT2D eigenvalue weighted by Crippen LogP contribution is -2.04. The summed E-state index contributed by atoms with van der Waals surface area (Å²) in [6.07, 6.45) is 0.